The molecule has 1 rings (SSSR count). The minimum atomic E-state index is -0.0112. The van der Waals surface area contributed by atoms with Crippen molar-refractivity contribution in [2.75, 3.05) is 0 Å². The number of aromatic nitrogens is 2. The average molecular weight is 212 g/mol. The summed E-state index contributed by atoms with van der Waals surface area (Å²) in [7, 11) is 0. The lowest BCUT2D eigenvalue weighted by Crippen LogP contribution is -2.01. The molecular weight excluding hydrogens is 196 g/mol. The minimum Gasteiger partial charge on any atom is -0.390 e. The van der Waals surface area contributed by atoms with E-state index < -0.39 is 0 Å². The summed E-state index contributed by atoms with van der Waals surface area (Å²) in [6, 6.07) is 1.81. The van der Waals surface area contributed by atoms with Crippen molar-refractivity contribution in [3.05, 3.63) is 23.3 Å². The van der Waals surface area contributed by atoms with E-state index in [9.17, 15) is 0 Å². The highest BCUT2D eigenvalue weighted by Gasteiger charge is 2.03. The standard InChI is InChI=1S/C10H16N2OS/c1-7(2)14-6-10-11-8(3)4-9(5-13)12-10/h4,7,13H,5-6H2,1-3H3. The molecule has 0 aromatic carbocycles. The lowest BCUT2D eigenvalue weighted by Gasteiger charge is -2.05. The molecule has 0 fully saturated rings. The summed E-state index contributed by atoms with van der Waals surface area (Å²) in [5.74, 6) is 1.62. The number of aryl methyl sites for hydroxylation is 1. The van der Waals surface area contributed by atoms with Crippen molar-refractivity contribution in [2.45, 2.75) is 38.4 Å². The van der Waals surface area contributed by atoms with Crippen LogP contribution in [0.3, 0.4) is 0 Å². The second kappa shape index (κ2) is 5.32. The van der Waals surface area contributed by atoms with E-state index >= 15 is 0 Å². The fraction of sp³-hybridized carbons (Fsp3) is 0.600. The molecule has 3 nitrogen and oxygen atoms in total. The molecule has 78 valence electrons. The lowest BCUT2D eigenvalue weighted by molar-refractivity contribution is 0.276. The van der Waals surface area contributed by atoms with Crippen LogP contribution in [-0.2, 0) is 12.4 Å². The largest absolute Gasteiger partial charge is 0.390 e. The summed E-state index contributed by atoms with van der Waals surface area (Å²) in [6.45, 7) is 6.20. The van der Waals surface area contributed by atoms with E-state index in [1.54, 1.807) is 11.8 Å². The first-order valence-corrected chi connectivity index (χ1v) is 5.72. The second-order valence-electron chi connectivity index (χ2n) is 3.43. The first-order valence-electron chi connectivity index (χ1n) is 4.67. The van der Waals surface area contributed by atoms with Crippen LogP contribution in [0.1, 0.15) is 31.1 Å². The molecule has 0 aliphatic heterocycles. The fourth-order valence-corrected chi connectivity index (χ4v) is 1.70. The van der Waals surface area contributed by atoms with Crippen LogP contribution in [0.15, 0.2) is 6.07 Å². The highest BCUT2D eigenvalue weighted by atomic mass is 32.2. The van der Waals surface area contributed by atoms with Gasteiger partial charge in [-0.2, -0.15) is 11.8 Å². The molecule has 0 aliphatic carbocycles. The van der Waals surface area contributed by atoms with Crippen molar-refractivity contribution in [1.82, 2.24) is 9.97 Å². The molecular formula is C10H16N2OS. The van der Waals surface area contributed by atoms with Gasteiger partial charge >= 0.3 is 0 Å². The summed E-state index contributed by atoms with van der Waals surface area (Å²) < 4.78 is 0. The smallest absolute Gasteiger partial charge is 0.138 e. The van der Waals surface area contributed by atoms with Gasteiger partial charge in [-0.25, -0.2) is 9.97 Å². The van der Waals surface area contributed by atoms with E-state index in [2.05, 4.69) is 23.8 Å². The number of hydrogen-bond donors (Lipinski definition) is 1. The van der Waals surface area contributed by atoms with E-state index in [-0.39, 0.29) is 6.61 Å². The predicted octanol–water partition coefficient (Wildman–Crippen LogP) is 1.92. The number of rotatable bonds is 4. The Morgan fingerprint density at radius 1 is 1.43 bits per heavy atom. The molecule has 0 saturated heterocycles. The minimum absolute atomic E-state index is 0.0112. The monoisotopic (exact) mass is 212 g/mol. The topological polar surface area (TPSA) is 46.0 Å². The van der Waals surface area contributed by atoms with Gasteiger partial charge in [0.25, 0.3) is 0 Å². The normalized spacial score (nSPS) is 10.9. The molecule has 0 amide bonds. The summed E-state index contributed by atoms with van der Waals surface area (Å²) >= 11 is 1.81. The van der Waals surface area contributed by atoms with E-state index in [0.29, 0.717) is 10.9 Å². The van der Waals surface area contributed by atoms with Gasteiger partial charge in [-0.05, 0) is 18.2 Å². The number of thioether (sulfide) groups is 1. The van der Waals surface area contributed by atoms with Gasteiger partial charge in [-0.3, -0.25) is 0 Å². The predicted molar refractivity (Wildman–Crippen MR) is 59.1 cm³/mol. The van der Waals surface area contributed by atoms with Crippen LogP contribution in [0.25, 0.3) is 0 Å². The summed E-state index contributed by atoms with van der Waals surface area (Å²) in [4.78, 5) is 8.55. The Hall–Kier alpha value is -0.610. The third-order valence-corrected chi connectivity index (χ3v) is 2.75. The molecule has 0 saturated carbocycles. The van der Waals surface area contributed by atoms with Crippen molar-refractivity contribution in [2.24, 2.45) is 0 Å². The molecule has 0 unspecified atom stereocenters. The van der Waals surface area contributed by atoms with Crippen molar-refractivity contribution >= 4 is 11.8 Å². The van der Waals surface area contributed by atoms with E-state index in [1.807, 2.05) is 13.0 Å². The van der Waals surface area contributed by atoms with Crippen molar-refractivity contribution in [1.29, 1.82) is 0 Å². The molecule has 0 bridgehead atoms. The maximum atomic E-state index is 8.97. The zero-order valence-corrected chi connectivity index (χ0v) is 9.64. The Labute approximate surface area is 89.0 Å². The highest BCUT2D eigenvalue weighted by Crippen LogP contribution is 2.15. The number of aliphatic hydroxyl groups excluding tert-OH is 1. The highest BCUT2D eigenvalue weighted by molar-refractivity contribution is 7.99. The Bertz CT molecular complexity index is 302. The van der Waals surface area contributed by atoms with Crippen molar-refractivity contribution in [3.63, 3.8) is 0 Å². The second-order valence-corrected chi connectivity index (χ2v) is 5.00. The van der Waals surface area contributed by atoms with Crippen LogP contribution in [0, 0.1) is 6.92 Å². The Kier molecular flexibility index (Phi) is 4.35. The molecule has 4 heteroatoms. The van der Waals surface area contributed by atoms with Gasteiger partial charge < -0.3 is 5.11 Å². The van der Waals surface area contributed by atoms with Gasteiger partial charge in [0.05, 0.1) is 18.1 Å². The van der Waals surface area contributed by atoms with Crippen molar-refractivity contribution in [3.8, 4) is 0 Å². The van der Waals surface area contributed by atoms with Crippen LogP contribution in [-0.4, -0.2) is 20.3 Å². The Balaban J connectivity index is 2.71. The third kappa shape index (κ3) is 3.64. The summed E-state index contributed by atoms with van der Waals surface area (Å²) in [5.41, 5.74) is 1.63. The maximum absolute atomic E-state index is 8.97. The number of hydrogen-bond acceptors (Lipinski definition) is 4. The van der Waals surface area contributed by atoms with E-state index in [0.717, 1.165) is 17.3 Å². The zero-order chi connectivity index (χ0) is 10.6. The SMILES string of the molecule is Cc1cc(CO)nc(CSC(C)C)n1. The summed E-state index contributed by atoms with van der Waals surface area (Å²) in [5, 5.41) is 9.55. The average Bonchev–Trinajstić information content (AvgIpc) is 2.14. The third-order valence-electron chi connectivity index (χ3n) is 1.66. The Morgan fingerprint density at radius 2 is 2.14 bits per heavy atom. The number of aliphatic hydroxyl groups is 1. The summed E-state index contributed by atoms with van der Waals surface area (Å²) in [6.07, 6.45) is 0. The molecule has 0 radical (unpaired) electrons. The maximum Gasteiger partial charge on any atom is 0.138 e. The number of nitrogens with zero attached hydrogens (tertiary/aromatic N) is 2. The van der Waals surface area contributed by atoms with Crippen LogP contribution in [0.2, 0.25) is 0 Å². The molecule has 1 aromatic heterocycles. The molecule has 14 heavy (non-hydrogen) atoms. The van der Waals surface area contributed by atoms with Gasteiger partial charge in [0.15, 0.2) is 0 Å². The molecule has 0 spiro atoms. The van der Waals surface area contributed by atoms with Crippen LogP contribution < -0.4 is 0 Å². The van der Waals surface area contributed by atoms with Gasteiger partial charge in [0, 0.05) is 5.69 Å². The zero-order valence-electron chi connectivity index (χ0n) is 8.82. The first kappa shape index (κ1) is 11.5. The Morgan fingerprint density at radius 3 is 2.71 bits per heavy atom. The van der Waals surface area contributed by atoms with E-state index in [4.69, 9.17) is 5.11 Å². The van der Waals surface area contributed by atoms with Gasteiger partial charge in [-0.15, -0.1) is 0 Å². The fourth-order valence-electron chi connectivity index (χ4n) is 1.09. The quantitative estimate of drug-likeness (QED) is 0.828. The molecule has 1 aromatic rings. The van der Waals surface area contributed by atoms with Crippen LogP contribution >= 0.6 is 11.8 Å². The molecule has 1 heterocycles. The van der Waals surface area contributed by atoms with Gasteiger partial charge in [0.2, 0.25) is 0 Å². The molecule has 1 N–H and O–H groups in total. The van der Waals surface area contributed by atoms with Gasteiger partial charge in [0.1, 0.15) is 5.82 Å². The van der Waals surface area contributed by atoms with Crippen LogP contribution in [0.4, 0.5) is 0 Å². The van der Waals surface area contributed by atoms with Crippen LogP contribution in [0.5, 0.6) is 0 Å². The first-order chi connectivity index (χ1) is 6.61. The van der Waals surface area contributed by atoms with Gasteiger partial charge in [-0.1, -0.05) is 13.8 Å². The van der Waals surface area contributed by atoms with Crippen molar-refractivity contribution < 1.29 is 5.11 Å². The lowest BCUT2D eigenvalue weighted by atomic mass is 10.3. The molecule has 0 atom stereocenters. The van der Waals surface area contributed by atoms with E-state index in [1.165, 1.54) is 0 Å². The molecule has 0 aliphatic rings.